The highest BCUT2D eigenvalue weighted by molar-refractivity contribution is 5.80. The van der Waals surface area contributed by atoms with Crippen LogP contribution in [0.3, 0.4) is 0 Å². The Bertz CT molecular complexity index is 468. The summed E-state index contributed by atoms with van der Waals surface area (Å²) in [5.74, 6) is -0.802. The number of rotatable bonds is 15. The maximum atomic E-state index is 10.2. The number of hydrogen-bond acceptors (Lipinski definition) is 2. The van der Waals surface area contributed by atoms with Crippen molar-refractivity contribution in [3.05, 3.63) is 60.4 Å². The minimum atomic E-state index is -0.978. The second kappa shape index (κ2) is 18.3. The van der Waals surface area contributed by atoms with E-state index in [1.165, 1.54) is 63.9 Å². The quantitative estimate of drug-likeness (QED) is 0.151. The summed E-state index contributed by atoms with van der Waals surface area (Å²) in [7, 11) is 0. The first-order valence-electron chi connectivity index (χ1n) is 9.47. The van der Waals surface area contributed by atoms with E-state index >= 15 is 0 Å². The zero-order chi connectivity index (χ0) is 18.6. The van der Waals surface area contributed by atoms with Gasteiger partial charge in [-0.1, -0.05) is 94.7 Å². The van der Waals surface area contributed by atoms with Crippen molar-refractivity contribution in [2.75, 3.05) is 0 Å². The molecule has 0 amide bonds. The molecule has 0 aliphatic rings. The van der Waals surface area contributed by atoms with E-state index in [0.29, 0.717) is 0 Å². The van der Waals surface area contributed by atoms with Gasteiger partial charge in [-0.2, -0.15) is 0 Å². The molecule has 0 aliphatic heterocycles. The van der Waals surface area contributed by atoms with Crippen LogP contribution in [0.25, 0.3) is 0 Å². The van der Waals surface area contributed by atoms with Crippen molar-refractivity contribution in [3.8, 4) is 0 Å². The molecule has 0 rings (SSSR count). The number of hydrogen-bond donors (Lipinski definition) is 2. The summed E-state index contributed by atoms with van der Waals surface area (Å²) in [4.78, 5) is 10.2. The number of unbranched alkanes of at least 4 members (excludes halogenated alkanes) is 9. The van der Waals surface area contributed by atoms with E-state index in [1.807, 2.05) is 6.08 Å². The number of aliphatic hydroxyl groups is 1. The van der Waals surface area contributed by atoms with Crippen LogP contribution in [0.2, 0.25) is 0 Å². The molecule has 0 aromatic heterocycles. The monoisotopic (exact) mass is 346 g/mol. The number of allylic oxidation sites excluding steroid dienone is 8. The largest absolute Gasteiger partial charge is 0.508 e. The van der Waals surface area contributed by atoms with Gasteiger partial charge in [0.2, 0.25) is 0 Å². The summed E-state index contributed by atoms with van der Waals surface area (Å²) < 4.78 is 0. The standard InChI is InChI=1S/C22H34O3/c1-2-3-4-5-6-7-8-9-10-11-12-15-18-21(23)19-16-13-14-17-20-22(24)25/h12-20,23H,2-11H2,1H3,(H,24,25)/b14-13+,15-12+,19-16+,20-17+,21-18-. The van der Waals surface area contributed by atoms with E-state index in [-0.39, 0.29) is 5.76 Å². The van der Waals surface area contributed by atoms with Crippen LogP contribution in [-0.2, 0) is 4.79 Å². The van der Waals surface area contributed by atoms with Crippen LogP contribution in [0.5, 0.6) is 0 Å². The molecule has 0 bridgehead atoms. The van der Waals surface area contributed by atoms with Gasteiger partial charge < -0.3 is 10.2 Å². The molecule has 3 heteroatoms. The molecule has 0 aromatic rings. The van der Waals surface area contributed by atoms with Gasteiger partial charge in [0.15, 0.2) is 0 Å². The van der Waals surface area contributed by atoms with E-state index < -0.39 is 5.97 Å². The third-order valence-electron chi connectivity index (χ3n) is 3.72. The fraction of sp³-hybridized carbons (Fsp3) is 0.500. The Labute approximate surface area is 153 Å². The van der Waals surface area contributed by atoms with Gasteiger partial charge in [0.05, 0.1) is 0 Å². The molecule has 0 saturated carbocycles. The van der Waals surface area contributed by atoms with Crippen LogP contribution >= 0.6 is 0 Å². The van der Waals surface area contributed by atoms with Gasteiger partial charge in [-0.05, 0) is 25.0 Å². The Morgan fingerprint density at radius 3 is 1.88 bits per heavy atom. The number of carboxylic acids is 1. The predicted octanol–water partition coefficient (Wildman–Crippen LogP) is 6.66. The number of aliphatic hydroxyl groups excluding tert-OH is 1. The Hall–Kier alpha value is -2.03. The Balaban J connectivity index is 3.64. The van der Waals surface area contributed by atoms with Crippen molar-refractivity contribution in [1.82, 2.24) is 0 Å². The molecule has 2 N–H and O–H groups in total. The summed E-state index contributed by atoms with van der Waals surface area (Å²) in [6.07, 6.45) is 27.6. The second-order valence-corrected chi connectivity index (χ2v) is 6.08. The highest BCUT2D eigenvalue weighted by atomic mass is 16.4. The average Bonchev–Trinajstić information content (AvgIpc) is 2.58. The van der Waals surface area contributed by atoms with Crippen molar-refractivity contribution in [3.63, 3.8) is 0 Å². The first-order valence-corrected chi connectivity index (χ1v) is 9.47. The van der Waals surface area contributed by atoms with Gasteiger partial charge in [0, 0.05) is 6.08 Å². The molecule has 0 spiro atoms. The summed E-state index contributed by atoms with van der Waals surface area (Å²) in [6, 6.07) is 0. The highest BCUT2D eigenvalue weighted by Crippen LogP contribution is 2.10. The zero-order valence-corrected chi connectivity index (χ0v) is 15.6. The topological polar surface area (TPSA) is 57.5 Å². The second-order valence-electron chi connectivity index (χ2n) is 6.08. The lowest BCUT2D eigenvalue weighted by Crippen LogP contribution is -1.84. The Kier molecular flexibility index (Phi) is 16.8. The molecule has 3 nitrogen and oxygen atoms in total. The molecule has 0 fully saturated rings. The lowest BCUT2D eigenvalue weighted by Gasteiger charge is -2.00. The smallest absolute Gasteiger partial charge is 0.328 e. The van der Waals surface area contributed by atoms with E-state index in [0.717, 1.165) is 12.5 Å². The van der Waals surface area contributed by atoms with Crippen molar-refractivity contribution in [2.45, 2.75) is 71.1 Å². The summed E-state index contributed by atoms with van der Waals surface area (Å²) in [6.45, 7) is 2.25. The average molecular weight is 347 g/mol. The van der Waals surface area contributed by atoms with Crippen LogP contribution in [0, 0.1) is 0 Å². The minimum Gasteiger partial charge on any atom is -0.508 e. The molecule has 0 saturated heterocycles. The van der Waals surface area contributed by atoms with Gasteiger partial charge in [0.1, 0.15) is 5.76 Å². The van der Waals surface area contributed by atoms with Crippen LogP contribution in [0.4, 0.5) is 0 Å². The fourth-order valence-electron chi connectivity index (χ4n) is 2.31. The molecule has 0 unspecified atom stereocenters. The number of carbonyl (C=O) groups is 1. The lowest BCUT2D eigenvalue weighted by molar-refractivity contribution is -0.131. The van der Waals surface area contributed by atoms with E-state index in [9.17, 15) is 9.90 Å². The van der Waals surface area contributed by atoms with Crippen molar-refractivity contribution < 1.29 is 15.0 Å². The number of aliphatic carboxylic acids is 1. The van der Waals surface area contributed by atoms with Gasteiger partial charge >= 0.3 is 5.97 Å². The normalized spacial score (nSPS) is 13.1. The van der Waals surface area contributed by atoms with Crippen LogP contribution in [-0.4, -0.2) is 16.2 Å². The van der Waals surface area contributed by atoms with E-state index in [2.05, 4.69) is 13.0 Å². The first-order chi connectivity index (χ1) is 12.2. The van der Waals surface area contributed by atoms with Crippen LogP contribution in [0.1, 0.15) is 71.1 Å². The van der Waals surface area contributed by atoms with Crippen LogP contribution < -0.4 is 0 Å². The van der Waals surface area contributed by atoms with Gasteiger partial charge in [-0.3, -0.25) is 0 Å². The number of carboxylic acid groups (broad SMARTS) is 1. The Morgan fingerprint density at radius 2 is 1.28 bits per heavy atom. The van der Waals surface area contributed by atoms with E-state index in [1.54, 1.807) is 30.4 Å². The molecule has 0 radical (unpaired) electrons. The van der Waals surface area contributed by atoms with Crippen molar-refractivity contribution in [2.24, 2.45) is 0 Å². The van der Waals surface area contributed by atoms with Gasteiger partial charge in [-0.25, -0.2) is 4.79 Å². The fourth-order valence-corrected chi connectivity index (χ4v) is 2.31. The zero-order valence-electron chi connectivity index (χ0n) is 15.6. The summed E-state index contributed by atoms with van der Waals surface area (Å²) in [5, 5.41) is 18.0. The highest BCUT2D eigenvalue weighted by Gasteiger charge is 1.91. The molecule has 140 valence electrons. The third kappa shape index (κ3) is 19.9. The molecule has 0 aliphatic carbocycles. The molecule has 25 heavy (non-hydrogen) atoms. The summed E-state index contributed by atoms with van der Waals surface area (Å²) >= 11 is 0. The van der Waals surface area contributed by atoms with Gasteiger partial charge in [-0.15, -0.1) is 0 Å². The first kappa shape index (κ1) is 23.0. The third-order valence-corrected chi connectivity index (χ3v) is 3.72. The lowest BCUT2D eigenvalue weighted by atomic mass is 10.1. The van der Waals surface area contributed by atoms with Crippen molar-refractivity contribution in [1.29, 1.82) is 0 Å². The molecular formula is C22H34O3. The molecule has 0 atom stereocenters. The molecule has 0 heterocycles. The maximum Gasteiger partial charge on any atom is 0.328 e. The SMILES string of the molecule is CCCCCCCCCCC/C=C/C=C(O)/C=C/C=C/C=C/C(=O)O. The van der Waals surface area contributed by atoms with E-state index in [4.69, 9.17) is 5.11 Å². The Morgan fingerprint density at radius 1 is 0.720 bits per heavy atom. The van der Waals surface area contributed by atoms with Crippen LogP contribution in [0.15, 0.2) is 60.4 Å². The minimum absolute atomic E-state index is 0.176. The van der Waals surface area contributed by atoms with Gasteiger partial charge in [0.25, 0.3) is 0 Å². The van der Waals surface area contributed by atoms with Crippen molar-refractivity contribution >= 4 is 5.97 Å². The summed E-state index contributed by atoms with van der Waals surface area (Å²) in [5.41, 5.74) is 0. The molecule has 0 aromatic carbocycles. The maximum absolute atomic E-state index is 10.2. The molecular weight excluding hydrogens is 312 g/mol. The predicted molar refractivity (Wildman–Crippen MR) is 107 cm³/mol.